The third-order valence-electron chi connectivity index (χ3n) is 1.94. The van der Waals surface area contributed by atoms with E-state index in [1.807, 2.05) is 20.8 Å². The molecule has 0 saturated heterocycles. The predicted octanol–water partition coefficient (Wildman–Crippen LogP) is 2.90. The maximum Gasteiger partial charge on any atom is 0.262 e. The van der Waals surface area contributed by atoms with Crippen LogP contribution in [0.5, 0.6) is 0 Å². The minimum absolute atomic E-state index is 0.120. The molecule has 4 nitrogen and oxygen atoms in total. The molecule has 0 atom stereocenters. The Bertz CT molecular complexity index is 578. The first-order chi connectivity index (χ1) is 8.00. The Hall–Kier alpha value is -0.590. The summed E-state index contributed by atoms with van der Waals surface area (Å²) >= 11 is 3.08. The fraction of sp³-hybridized carbons (Fsp3) is 0.364. The van der Waals surface area contributed by atoms with Gasteiger partial charge >= 0.3 is 0 Å². The summed E-state index contributed by atoms with van der Waals surface area (Å²) in [5.41, 5.74) is -0.156. The highest BCUT2D eigenvalue weighted by atomic mass is 79.9. The Morgan fingerprint density at radius 2 is 1.89 bits per heavy atom. The van der Waals surface area contributed by atoms with Crippen molar-refractivity contribution in [2.45, 2.75) is 31.2 Å². The molecule has 0 aliphatic heterocycles. The number of hydrogen-bond acceptors (Lipinski definition) is 3. The van der Waals surface area contributed by atoms with Crippen molar-refractivity contribution < 1.29 is 13.2 Å². The van der Waals surface area contributed by atoms with Crippen LogP contribution >= 0.6 is 26.6 Å². The van der Waals surface area contributed by atoms with E-state index in [1.54, 1.807) is 0 Å². The third kappa shape index (κ3) is 4.26. The Morgan fingerprint density at radius 3 is 2.33 bits per heavy atom. The van der Waals surface area contributed by atoms with Gasteiger partial charge < -0.3 is 5.32 Å². The lowest BCUT2D eigenvalue weighted by molar-refractivity contribution is 0.0919. The molecule has 0 spiro atoms. The third-order valence-corrected chi connectivity index (χ3v) is 4.26. The number of carbonyl (C=O) groups excluding carboxylic acids is 1. The van der Waals surface area contributed by atoms with Crippen molar-refractivity contribution in [3.8, 4) is 0 Å². The lowest BCUT2D eigenvalue weighted by Crippen LogP contribution is -2.40. The molecule has 0 radical (unpaired) electrons. The molecule has 1 rings (SSSR count). The summed E-state index contributed by atoms with van der Waals surface area (Å²) in [4.78, 5) is 11.8. The van der Waals surface area contributed by atoms with Gasteiger partial charge in [-0.05, 0) is 54.9 Å². The highest BCUT2D eigenvalue weighted by Gasteiger charge is 2.20. The van der Waals surface area contributed by atoms with Gasteiger partial charge in [0.15, 0.2) is 0 Å². The second-order valence-corrected chi connectivity index (χ2v) is 8.18. The first-order valence-corrected chi connectivity index (χ1v) is 8.18. The maximum atomic E-state index is 11.9. The predicted molar refractivity (Wildman–Crippen MR) is 74.4 cm³/mol. The fourth-order valence-corrected chi connectivity index (χ4v) is 3.36. The Kier molecular flexibility index (Phi) is 4.46. The van der Waals surface area contributed by atoms with Crippen LogP contribution < -0.4 is 5.32 Å². The molecule has 1 aromatic carbocycles. The van der Waals surface area contributed by atoms with Crippen molar-refractivity contribution >= 4 is 41.6 Å². The molecule has 1 aromatic rings. The minimum Gasteiger partial charge on any atom is -0.347 e. The van der Waals surface area contributed by atoms with Crippen LogP contribution in [-0.4, -0.2) is 19.9 Å². The quantitative estimate of drug-likeness (QED) is 0.831. The molecule has 0 aliphatic rings. The van der Waals surface area contributed by atoms with E-state index in [0.29, 0.717) is 4.47 Å². The molecule has 0 saturated carbocycles. The monoisotopic (exact) mass is 353 g/mol. The van der Waals surface area contributed by atoms with Crippen molar-refractivity contribution in [2.24, 2.45) is 0 Å². The zero-order chi connectivity index (χ0) is 14.1. The van der Waals surface area contributed by atoms with E-state index < -0.39 is 14.6 Å². The van der Waals surface area contributed by atoms with Crippen LogP contribution in [0.3, 0.4) is 0 Å². The number of rotatable bonds is 2. The van der Waals surface area contributed by atoms with Crippen LogP contribution in [0.15, 0.2) is 27.6 Å². The summed E-state index contributed by atoms with van der Waals surface area (Å²) in [6.07, 6.45) is 0. The van der Waals surface area contributed by atoms with Gasteiger partial charge in [-0.1, -0.05) is 0 Å². The number of nitrogens with one attached hydrogen (secondary N) is 1. The SMILES string of the molecule is CC(C)(C)NC(=O)c1ccc(Br)c(S(=O)(=O)Cl)c1. The standard InChI is InChI=1S/C11H13BrClNO3S/c1-11(2,3)14-10(15)7-4-5-8(12)9(6-7)18(13,16)17/h4-6H,1-3H3,(H,14,15). The molecule has 0 aliphatic carbocycles. The number of benzene rings is 1. The molecule has 100 valence electrons. The van der Waals surface area contributed by atoms with Crippen LogP contribution in [0.4, 0.5) is 0 Å². The van der Waals surface area contributed by atoms with Crippen molar-refractivity contribution in [3.05, 3.63) is 28.2 Å². The number of halogens is 2. The lowest BCUT2D eigenvalue weighted by Gasteiger charge is -2.20. The van der Waals surface area contributed by atoms with Crippen molar-refractivity contribution in [2.75, 3.05) is 0 Å². The highest BCUT2D eigenvalue weighted by molar-refractivity contribution is 9.10. The van der Waals surface area contributed by atoms with E-state index in [0.717, 1.165) is 0 Å². The van der Waals surface area contributed by atoms with Crippen LogP contribution in [0.1, 0.15) is 31.1 Å². The van der Waals surface area contributed by atoms with Gasteiger partial charge in [-0.15, -0.1) is 0 Å². The lowest BCUT2D eigenvalue weighted by atomic mass is 10.1. The number of amides is 1. The van der Waals surface area contributed by atoms with Crippen molar-refractivity contribution in [3.63, 3.8) is 0 Å². The molecule has 7 heteroatoms. The first kappa shape index (κ1) is 15.5. The zero-order valence-corrected chi connectivity index (χ0v) is 13.3. The molecule has 0 heterocycles. The molecule has 0 bridgehead atoms. The smallest absolute Gasteiger partial charge is 0.262 e. The zero-order valence-electron chi connectivity index (χ0n) is 10.1. The van der Waals surface area contributed by atoms with Gasteiger partial charge in [0.2, 0.25) is 0 Å². The van der Waals surface area contributed by atoms with Crippen molar-refractivity contribution in [1.29, 1.82) is 0 Å². The Balaban J connectivity index is 3.18. The Labute approximate surface area is 119 Å². The summed E-state index contributed by atoms with van der Waals surface area (Å²) in [7, 11) is 1.40. The maximum absolute atomic E-state index is 11.9. The molecule has 0 fully saturated rings. The van der Waals surface area contributed by atoms with Gasteiger partial charge in [-0.2, -0.15) is 0 Å². The van der Waals surface area contributed by atoms with Gasteiger partial charge in [0, 0.05) is 26.3 Å². The van der Waals surface area contributed by atoms with E-state index in [2.05, 4.69) is 21.2 Å². The van der Waals surface area contributed by atoms with Gasteiger partial charge in [0.05, 0.1) is 4.90 Å². The van der Waals surface area contributed by atoms with E-state index in [4.69, 9.17) is 10.7 Å². The largest absolute Gasteiger partial charge is 0.347 e. The van der Waals surface area contributed by atoms with E-state index in [-0.39, 0.29) is 16.4 Å². The summed E-state index contributed by atoms with van der Waals surface area (Å²) < 4.78 is 23.0. The molecule has 0 aromatic heterocycles. The highest BCUT2D eigenvalue weighted by Crippen LogP contribution is 2.26. The van der Waals surface area contributed by atoms with E-state index in [1.165, 1.54) is 18.2 Å². The topological polar surface area (TPSA) is 63.2 Å². The number of hydrogen-bond donors (Lipinski definition) is 1. The van der Waals surface area contributed by atoms with Crippen LogP contribution in [0, 0.1) is 0 Å². The summed E-state index contributed by atoms with van der Waals surface area (Å²) in [6.45, 7) is 5.51. The normalized spacial score (nSPS) is 12.3. The van der Waals surface area contributed by atoms with Gasteiger partial charge in [-0.3, -0.25) is 4.79 Å². The molecular formula is C11H13BrClNO3S. The summed E-state index contributed by atoms with van der Waals surface area (Å²) in [5, 5.41) is 2.74. The van der Waals surface area contributed by atoms with E-state index >= 15 is 0 Å². The summed E-state index contributed by atoms with van der Waals surface area (Å²) in [6, 6.07) is 4.25. The summed E-state index contributed by atoms with van der Waals surface area (Å²) in [5.74, 6) is -0.350. The molecule has 1 N–H and O–H groups in total. The average Bonchev–Trinajstić information content (AvgIpc) is 2.13. The molecular weight excluding hydrogens is 342 g/mol. The molecule has 18 heavy (non-hydrogen) atoms. The van der Waals surface area contributed by atoms with Gasteiger partial charge in [0.1, 0.15) is 0 Å². The first-order valence-electron chi connectivity index (χ1n) is 5.07. The van der Waals surface area contributed by atoms with E-state index in [9.17, 15) is 13.2 Å². The second-order valence-electron chi connectivity index (χ2n) is 4.79. The van der Waals surface area contributed by atoms with Crippen LogP contribution in [-0.2, 0) is 9.05 Å². The van der Waals surface area contributed by atoms with Crippen molar-refractivity contribution in [1.82, 2.24) is 5.32 Å². The minimum atomic E-state index is -3.89. The van der Waals surface area contributed by atoms with Gasteiger partial charge in [0.25, 0.3) is 15.0 Å². The fourth-order valence-electron chi connectivity index (χ4n) is 1.24. The Morgan fingerprint density at radius 1 is 1.33 bits per heavy atom. The molecule has 1 amide bonds. The average molecular weight is 355 g/mol. The molecule has 0 unspecified atom stereocenters. The van der Waals surface area contributed by atoms with Gasteiger partial charge in [-0.25, -0.2) is 8.42 Å². The van der Waals surface area contributed by atoms with Crippen LogP contribution in [0.25, 0.3) is 0 Å². The second kappa shape index (κ2) is 5.19. The van der Waals surface area contributed by atoms with Crippen LogP contribution in [0.2, 0.25) is 0 Å². The number of carbonyl (C=O) groups is 1.